The molecule has 1 N–H and O–H groups in total. The molecule has 0 atom stereocenters. The first-order valence-electron chi connectivity index (χ1n) is 6.48. The van der Waals surface area contributed by atoms with Crippen LogP contribution in [0.4, 0.5) is 0 Å². The van der Waals surface area contributed by atoms with Crippen LogP contribution in [-0.2, 0) is 0 Å². The van der Waals surface area contributed by atoms with Gasteiger partial charge >= 0.3 is 0 Å². The lowest BCUT2D eigenvalue weighted by molar-refractivity contribution is -0.111. The fraction of sp³-hybridized carbons (Fsp3) is 0.692. The molecule has 2 fully saturated rings. The van der Waals surface area contributed by atoms with Gasteiger partial charge in [0.05, 0.1) is 13.1 Å². The number of amides is 1. The van der Waals surface area contributed by atoms with E-state index in [-0.39, 0.29) is 11.8 Å². The molecule has 1 aliphatic carbocycles. The van der Waals surface area contributed by atoms with Crippen molar-refractivity contribution < 1.29 is 14.4 Å². The van der Waals surface area contributed by atoms with E-state index >= 15 is 0 Å². The Morgan fingerprint density at radius 2 is 2.22 bits per heavy atom. The molecule has 0 radical (unpaired) electrons. The first kappa shape index (κ1) is 11.7. The molecule has 5 heteroatoms. The van der Waals surface area contributed by atoms with Gasteiger partial charge in [-0.25, -0.2) is 0 Å². The van der Waals surface area contributed by atoms with Crippen LogP contribution in [0.3, 0.4) is 0 Å². The second-order valence-electron chi connectivity index (χ2n) is 5.81. The monoisotopic (exact) mass is 250 g/mol. The van der Waals surface area contributed by atoms with Gasteiger partial charge in [0.1, 0.15) is 11.4 Å². The van der Waals surface area contributed by atoms with Crippen LogP contribution in [0.5, 0.6) is 0 Å². The van der Waals surface area contributed by atoms with E-state index in [1.165, 1.54) is 0 Å². The molecule has 1 aliphatic heterocycles. The van der Waals surface area contributed by atoms with E-state index < -0.39 is 5.60 Å². The second-order valence-corrected chi connectivity index (χ2v) is 5.81. The maximum atomic E-state index is 12.1. The number of aliphatic hydroxyl groups is 1. The summed E-state index contributed by atoms with van der Waals surface area (Å²) in [5.41, 5.74) is -0.374. The summed E-state index contributed by atoms with van der Waals surface area (Å²) in [5.74, 6) is 1.29. The maximum Gasteiger partial charge on any atom is 0.276 e. The number of nitrogens with zero attached hydrogens (tertiary/aromatic N) is 2. The summed E-state index contributed by atoms with van der Waals surface area (Å²) < 4.78 is 5.17. The molecule has 1 saturated carbocycles. The highest BCUT2D eigenvalue weighted by atomic mass is 16.5. The van der Waals surface area contributed by atoms with Crippen molar-refractivity contribution in [3.8, 4) is 0 Å². The number of carbonyl (C=O) groups excluding carboxylic acids is 1. The fourth-order valence-electron chi connectivity index (χ4n) is 2.24. The number of aromatic nitrogens is 1. The Morgan fingerprint density at radius 1 is 1.56 bits per heavy atom. The number of carbonyl (C=O) groups is 1. The fourth-order valence-corrected chi connectivity index (χ4v) is 2.24. The van der Waals surface area contributed by atoms with Crippen molar-refractivity contribution in [1.29, 1.82) is 0 Å². The van der Waals surface area contributed by atoms with Gasteiger partial charge in [0.2, 0.25) is 0 Å². The van der Waals surface area contributed by atoms with E-state index in [2.05, 4.69) is 5.16 Å². The summed E-state index contributed by atoms with van der Waals surface area (Å²) >= 11 is 0. The molecule has 3 rings (SSSR count). The molecule has 0 spiro atoms. The van der Waals surface area contributed by atoms with Gasteiger partial charge in [-0.1, -0.05) is 19.0 Å². The van der Waals surface area contributed by atoms with Crippen LogP contribution < -0.4 is 0 Å². The van der Waals surface area contributed by atoms with E-state index in [9.17, 15) is 9.90 Å². The van der Waals surface area contributed by atoms with Gasteiger partial charge in [-0.05, 0) is 18.8 Å². The van der Waals surface area contributed by atoms with Crippen molar-refractivity contribution in [2.75, 3.05) is 13.1 Å². The van der Waals surface area contributed by atoms with Crippen LogP contribution in [0, 0.1) is 5.92 Å². The Bertz CT molecular complexity index is 470. The third kappa shape index (κ3) is 1.82. The average Bonchev–Trinajstić information content (AvgIpc) is 3.02. The molecule has 1 aromatic rings. The van der Waals surface area contributed by atoms with Crippen LogP contribution in [-0.4, -0.2) is 39.8 Å². The summed E-state index contributed by atoms with van der Waals surface area (Å²) in [6, 6.07) is 1.74. The maximum absolute atomic E-state index is 12.1. The first-order chi connectivity index (χ1) is 8.49. The molecule has 0 unspecified atom stereocenters. The lowest BCUT2D eigenvalue weighted by Gasteiger charge is -2.48. The molecule has 5 nitrogen and oxygen atoms in total. The molecule has 1 saturated heterocycles. The molecular weight excluding hydrogens is 232 g/mol. The van der Waals surface area contributed by atoms with Crippen LogP contribution in [0.25, 0.3) is 0 Å². The molecule has 2 aliphatic rings. The van der Waals surface area contributed by atoms with Crippen molar-refractivity contribution >= 4 is 5.91 Å². The Kier molecular flexibility index (Phi) is 2.48. The Labute approximate surface area is 106 Å². The minimum atomic E-state index is -0.737. The third-order valence-corrected chi connectivity index (χ3v) is 4.02. The van der Waals surface area contributed by atoms with Crippen molar-refractivity contribution in [3.63, 3.8) is 0 Å². The molecular formula is C13H18N2O3. The minimum absolute atomic E-state index is 0.143. The summed E-state index contributed by atoms with van der Waals surface area (Å²) in [6.45, 7) is 4.69. The highest BCUT2D eigenvalue weighted by Crippen LogP contribution is 2.40. The van der Waals surface area contributed by atoms with Crippen LogP contribution in [0.15, 0.2) is 10.6 Å². The largest absolute Gasteiger partial charge is 0.386 e. The molecule has 0 bridgehead atoms. The number of hydrogen-bond donors (Lipinski definition) is 1. The normalized spacial score (nSPS) is 22.1. The van der Waals surface area contributed by atoms with Gasteiger partial charge in [0.15, 0.2) is 5.69 Å². The van der Waals surface area contributed by atoms with Crippen molar-refractivity contribution in [3.05, 3.63) is 17.5 Å². The van der Waals surface area contributed by atoms with Gasteiger partial charge in [-0.3, -0.25) is 4.79 Å². The molecule has 2 heterocycles. The highest BCUT2D eigenvalue weighted by Gasteiger charge is 2.46. The third-order valence-electron chi connectivity index (χ3n) is 4.02. The summed E-state index contributed by atoms with van der Waals surface area (Å²) in [6.07, 6.45) is 2.25. The average molecular weight is 250 g/mol. The quantitative estimate of drug-likeness (QED) is 0.880. The second kappa shape index (κ2) is 3.82. The van der Waals surface area contributed by atoms with E-state index in [4.69, 9.17) is 4.52 Å². The lowest BCUT2D eigenvalue weighted by Crippen LogP contribution is -2.66. The van der Waals surface area contributed by atoms with E-state index in [0.29, 0.717) is 24.7 Å². The molecule has 18 heavy (non-hydrogen) atoms. The molecule has 98 valence electrons. The van der Waals surface area contributed by atoms with Crippen LogP contribution in [0.1, 0.15) is 48.9 Å². The zero-order valence-corrected chi connectivity index (χ0v) is 10.7. The van der Waals surface area contributed by atoms with Gasteiger partial charge in [-0.15, -0.1) is 0 Å². The summed E-state index contributed by atoms with van der Waals surface area (Å²) in [5, 5.41) is 13.9. The molecule has 1 aromatic heterocycles. The number of hydrogen-bond acceptors (Lipinski definition) is 4. The zero-order valence-electron chi connectivity index (χ0n) is 10.7. The number of rotatable bonds is 3. The highest BCUT2D eigenvalue weighted by molar-refractivity contribution is 5.93. The smallest absolute Gasteiger partial charge is 0.276 e. The van der Waals surface area contributed by atoms with Crippen molar-refractivity contribution in [2.45, 2.75) is 38.2 Å². The number of likely N-dealkylation sites (tertiary alicyclic amines) is 1. The Morgan fingerprint density at radius 3 is 2.78 bits per heavy atom. The predicted molar refractivity (Wildman–Crippen MR) is 64.2 cm³/mol. The van der Waals surface area contributed by atoms with Gasteiger partial charge < -0.3 is 14.5 Å². The number of β-amino-alcohol motifs (C(OH)–C–C–N with tert-alkyl or cyclic N) is 1. The Hall–Kier alpha value is -1.36. The Balaban J connectivity index is 1.65. The zero-order chi connectivity index (χ0) is 12.9. The SMILES string of the molecule is CC(C)C1(O)CN(C(=O)c2cc(C3CC3)on2)C1. The van der Waals surface area contributed by atoms with Crippen LogP contribution >= 0.6 is 0 Å². The van der Waals surface area contributed by atoms with Crippen LogP contribution in [0.2, 0.25) is 0 Å². The molecule has 0 aromatic carbocycles. The molecule has 1 amide bonds. The first-order valence-corrected chi connectivity index (χ1v) is 6.48. The van der Waals surface area contributed by atoms with Gasteiger partial charge in [0, 0.05) is 12.0 Å². The summed E-state index contributed by atoms with van der Waals surface area (Å²) in [7, 11) is 0. The predicted octanol–water partition coefficient (Wildman–Crippen LogP) is 1.39. The van der Waals surface area contributed by atoms with Gasteiger partial charge in [-0.2, -0.15) is 0 Å². The minimum Gasteiger partial charge on any atom is -0.386 e. The van der Waals surface area contributed by atoms with E-state index in [0.717, 1.165) is 18.6 Å². The van der Waals surface area contributed by atoms with Gasteiger partial charge in [0.25, 0.3) is 5.91 Å². The topological polar surface area (TPSA) is 66.6 Å². The standard InChI is InChI=1S/C13H18N2O3/c1-8(2)13(17)6-15(7-13)12(16)10-5-11(18-14-10)9-3-4-9/h5,8-9,17H,3-4,6-7H2,1-2H3. The van der Waals surface area contributed by atoms with E-state index in [1.54, 1.807) is 11.0 Å². The summed E-state index contributed by atoms with van der Waals surface area (Å²) in [4.78, 5) is 13.7. The van der Waals surface area contributed by atoms with Crippen molar-refractivity contribution in [2.24, 2.45) is 5.92 Å². The van der Waals surface area contributed by atoms with E-state index in [1.807, 2.05) is 13.8 Å². The van der Waals surface area contributed by atoms with Crippen molar-refractivity contribution in [1.82, 2.24) is 10.1 Å². The lowest BCUT2D eigenvalue weighted by atomic mass is 9.83.